The van der Waals surface area contributed by atoms with E-state index in [-0.39, 0.29) is 18.1 Å². The Morgan fingerprint density at radius 1 is 1.03 bits per heavy atom. The van der Waals surface area contributed by atoms with E-state index in [2.05, 4.69) is 11.5 Å². The van der Waals surface area contributed by atoms with Gasteiger partial charge in [0.2, 0.25) is 5.78 Å². The maximum Gasteiger partial charge on any atom is 0.231 e. The summed E-state index contributed by atoms with van der Waals surface area (Å²) in [5, 5.41) is 2.09. The average molecular weight is 494 g/mol. The van der Waals surface area contributed by atoms with Gasteiger partial charge in [-0.1, -0.05) is 29.3 Å². The molecule has 0 fully saturated rings. The van der Waals surface area contributed by atoms with Gasteiger partial charge in [-0.15, -0.1) is 0 Å². The molecule has 0 atom stereocenters. The van der Waals surface area contributed by atoms with Gasteiger partial charge in [0, 0.05) is 50.9 Å². The third-order valence-corrected chi connectivity index (χ3v) is 6.38. The minimum absolute atomic E-state index is 0.164. The van der Waals surface area contributed by atoms with Crippen molar-refractivity contribution in [2.24, 2.45) is 0 Å². The molecular weight excluding hydrogens is 473 g/mol. The Bertz CT molecular complexity index is 1450. The summed E-state index contributed by atoms with van der Waals surface area (Å²) in [6.07, 6.45) is 3.80. The van der Waals surface area contributed by atoms with Crippen LogP contribution in [0.2, 0.25) is 10.0 Å². The second-order valence-corrected chi connectivity index (χ2v) is 8.72. The van der Waals surface area contributed by atoms with Gasteiger partial charge in [-0.25, -0.2) is 0 Å². The summed E-state index contributed by atoms with van der Waals surface area (Å²) < 4.78 is 19.3. The van der Waals surface area contributed by atoms with Gasteiger partial charge in [-0.2, -0.15) is 0 Å². The van der Waals surface area contributed by atoms with Gasteiger partial charge in [-0.05, 0) is 55.5 Å². The van der Waals surface area contributed by atoms with E-state index in [4.69, 9.17) is 37.4 Å². The summed E-state index contributed by atoms with van der Waals surface area (Å²) in [5.74, 6) is 1.90. The third kappa shape index (κ3) is 4.13. The van der Waals surface area contributed by atoms with Crippen molar-refractivity contribution in [3.8, 4) is 17.2 Å². The normalized spacial score (nSPS) is 13.9. The molecule has 5 rings (SSSR count). The van der Waals surface area contributed by atoms with Crippen molar-refractivity contribution in [2.75, 3.05) is 7.11 Å². The number of carbonyl (C=O) groups excluding carboxylic acids is 1. The summed E-state index contributed by atoms with van der Waals surface area (Å²) in [4.78, 5) is 13.0. The van der Waals surface area contributed by atoms with Gasteiger partial charge in [0.15, 0.2) is 5.76 Å². The molecule has 1 aliphatic heterocycles. The summed E-state index contributed by atoms with van der Waals surface area (Å²) in [5.41, 5.74) is 3.27. The monoisotopic (exact) mass is 493 g/mol. The molecule has 1 aromatic heterocycles. The standard InChI is InChI=1S/C27H21Cl2NO4/c1-3-30-14-17(22-12-19(32-2)7-9-24(22)30)10-26-27(31)21-8-6-20(13-25(21)34-26)33-15-16-4-5-18(28)11-23(16)29/h4-14H,3,15H2,1-2H3/b26-10-. The number of ether oxygens (including phenoxy) is 3. The second-order valence-electron chi connectivity index (χ2n) is 7.88. The number of allylic oxidation sites excluding steroid dienone is 1. The molecule has 0 aliphatic carbocycles. The smallest absolute Gasteiger partial charge is 0.231 e. The lowest BCUT2D eigenvalue weighted by atomic mass is 10.1. The van der Waals surface area contributed by atoms with Gasteiger partial charge < -0.3 is 18.8 Å². The highest BCUT2D eigenvalue weighted by molar-refractivity contribution is 6.35. The van der Waals surface area contributed by atoms with E-state index < -0.39 is 0 Å². The van der Waals surface area contributed by atoms with Crippen LogP contribution < -0.4 is 14.2 Å². The van der Waals surface area contributed by atoms with Gasteiger partial charge in [0.1, 0.15) is 23.9 Å². The number of aromatic nitrogens is 1. The van der Waals surface area contributed by atoms with Crippen molar-refractivity contribution in [3.63, 3.8) is 0 Å². The van der Waals surface area contributed by atoms with E-state index >= 15 is 0 Å². The SMILES string of the molecule is CCn1cc(/C=C2\Oc3cc(OCc4ccc(Cl)cc4Cl)ccc3C2=O)c2cc(OC)ccc21. The van der Waals surface area contributed by atoms with E-state index in [9.17, 15) is 4.79 Å². The second kappa shape index (κ2) is 9.09. The molecule has 0 saturated heterocycles. The fourth-order valence-corrected chi connectivity index (χ4v) is 4.47. The van der Waals surface area contributed by atoms with E-state index in [0.29, 0.717) is 27.1 Å². The van der Waals surface area contributed by atoms with E-state index in [1.807, 2.05) is 30.5 Å². The first-order valence-electron chi connectivity index (χ1n) is 10.8. The van der Waals surface area contributed by atoms with Crippen molar-refractivity contribution in [2.45, 2.75) is 20.1 Å². The predicted octanol–water partition coefficient (Wildman–Crippen LogP) is 7.17. The third-order valence-electron chi connectivity index (χ3n) is 5.80. The summed E-state index contributed by atoms with van der Waals surface area (Å²) >= 11 is 12.2. The molecule has 34 heavy (non-hydrogen) atoms. The largest absolute Gasteiger partial charge is 0.497 e. The number of fused-ring (bicyclic) bond motifs is 2. The zero-order chi connectivity index (χ0) is 23.8. The fourth-order valence-electron chi connectivity index (χ4n) is 4.01. The quantitative estimate of drug-likeness (QED) is 0.267. The highest BCUT2D eigenvalue weighted by Crippen LogP contribution is 2.36. The Morgan fingerprint density at radius 2 is 1.85 bits per heavy atom. The van der Waals surface area contributed by atoms with Crippen molar-refractivity contribution in [1.82, 2.24) is 4.57 Å². The summed E-state index contributed by atoms with van der Waals surface area (Å²) in [6, 6.07) is 16.4. The molecule has 0 bridgehead atoms. The van der Waals surface area contributed by atoms with Crippen molar-refractivity contribution < 1.29 is 19.0 Å². The van der Waals surface area contributed by atoms with E-state index in [1.165, 1.54) is 0 Å². The molecular formula is C27H21Cl2NO4. The Balaban J connectivity index is 1.41. The van der Waals surface area contributed by atoms with Crippen LogP contribution in [-0.4, -0.2) is 17.5 Å². The summed E-state index contributed by atoms with van der Waals surface area (Å²) in [6.45, 7) is 3.15. The molecule has 0 unspecified atom stereocenters. The van der Waals surface area contributed by atoms with Gasteiger partial charge >= 0.3 is 0 Å². The molecule has 0 amide bonds. The molecule has 0 radical (unpaired) electrons. The van der Waals surface area contributed by atoms with Crippen LogP contribution in [0, 0.1) is 0 Å². The van der Waals surface area contributed by atoms with Crippen LogP contribution in [0.5, 0.6) is 17.2 Å². The van der Waals surface area contributed by atoms with Crippen LogP contribution >= 0.6 is 23.2 Å². The summed E-state index contributed by atoms with van der Waals surface area (Å²) in [7, 11) is 1.64. The zero-order valence-corrected chi connectivity index (χ0v) is 20.1. The highest BCUT2D eigenvalue weighted by atomic mass is 35.5. The van der Waals surface area contributed by atoms with Crippen molar-refractivity contribution in [1.29, 1.82) is 0 Å². The number of carbonyl (C=O) groups is 1. The lowest BCUT2D eigenvalue weighted by molar-refractivity contribution is 0.101. The number of methoxy groups -OCH3 is 1. The number of benzene rings is 3. The van der Waals surface area contributed by atoms with Crippen molar-refractivity contribution >= 4 is 46.0 Å². The number of rotatable bonds is 6. The molecule has 4 aromatic rings. The van der Waals surface area contributed by atoms with E-state index in [1.54, 1.807) is 43.5 Å². The minimum atomic E-state index is -0.164. The lowest BCUT2D eigenvalue weighted by Gasteiger charge is -2.09. The van der Waals surface area contributed by atoms with Crippen LogP contribution in [-0.2, 0) is 13.2 Å². The minimum Gasteiger partial charge on any atom is -0.497 e. The fraction of sp³-hybridized carbons (Fsp3) is 0.148. The first-order valence-corrected chi connectivity index (χ1v) is 11.5. The number of ketones is 1. The van der Waals surface area contributed by atoms with Gasteiger partial charge in [0.05, 0.1) is 12.7 Å². The maximum absolute atomic E-state index is 13.0. The predicted molar refractivity (Wildman–Crippen MR) is 134 cm³/mol. The topological polar surface area (TPSA) is 49.7 Å². The molecule has 2 heterocycles. The molecule has 3 aromatic carbocycles. The molecule has 5 nitrogen and oxygen atoms in total. The van der Waals surface area contributed by atoms with Crippen LogP contribution in [0.3, 0.4) is 0 Å². The van der Waals surface area contributed by atoms with Crippen LogP contribution in [0.4, 0.5) is 0 Å². The lowest BCUT2D eigenvalue weighted by Crippen LogP contribution is -1.98. The number of hydrogen-bond donors (Lipinski definition) is 0. The average Bonchev–Trinajstić information content (AvgIpc) is 3.34. The first kappa shape index (κ1) is 22.4. The Morgan fingerprint density at radius 3 is 2.62 bits per heavy atom. The molecule has 1 aliphatic rings. The molecule has 0 spiro atoms. The number of aryl methyl sites for hydroxylation is 1. The van der Waals surface area contributed by atoms with E-state index in [0.717, 1.165) is 34.3 Å². The number of hydrogen-bond acceptors (Lipinski definition) is 4. The Kier molecular flexibility index (Phi) is 5.98. The Labute approximate surface area is 207 Å². The number of Topliss-reactive ketones (excluding diaryl/α,β-unsaturated/α-hetero) is 1. The number of nitrogens with zero attached hydrogens (tertiary/aromatic N) is 1. The highest BCUT2D eigenvalue weighted by Gasteiger charge is 2.28. The first-order chi connectivity index (χ1) is 16.5. The molecule has 0 saturated carbocycles. The maximum atomic E-state index is 13.0. The Hall–Kier alpha value is -3.41. The molecule has 7 heteroatoms. The van der Waals surface area contributed by atoms with Gasteiger partial charge in [0.25, 0.3) is 0 Å². The van der Waals surface area contributed by atoms with Crippen LogP contribution in [0.25, 0.3) is 17.0 Å². The molecule has 172 valence electrons. The van der Waals surface area contributed by atoms with Crippen LogP contribution in [0.15, 0.2) is 66.6 Å². The number of halogens is 2. The van der Waals surface area contributed by atoms with Crippen molar-refractivity contribution in [3.05, 3.63) is 93.3 Å². The zero-order valence-electron chi connectivity index (χ0n) is 18.6. The van der Waals surface area contributed by atoms with Gasteiger partial charge in [-0.3, -0.25) is 4.79 Å². The molecule has 0 N–H and O–H groups in total. The van der Waals surface area contributed by atoms with Crippen LogP contribution in [0.1, 0.15) is 28.4 Å².